The summed E-state index contributed by atoms with van der Waals surface area (Å²) in [7, 11) is 1.89. The minimum Gasteiger partial charge on any atom is -0.323 e. The number of rotatable bonds is 6. The molecule has 1 aromatic carbocycles. The number of amides is 1. The van der Waals surface area contributed by atoms with Gasteiger partial charge in [-0.05, 0) is 48.2 Å². The molecule has 0 radical (unpaired) electrons. The lowest BCUT2D eigenvalue weighted by Crippen LogP contribution is -2.07. The van der Waals surface area contributed by atoms with Crippen LogP contribution in [0.4, 0.5) is 5.69 Å². The third-order valence-corrected chi connectivity index (χ3v) is 5.29. The fourth-order valence-corrected chi connectivity index (χ4v) is 3.48. The number of carbonyl (C=O) groups excluding carboxylic acids is 1. The number of nitrogens with zero attached hydrogens (tertiary/aromatic N) is 5. The molecule has 0 spiro atoms. The van der Waals surface area contributed by atoms with Crippen LogP contribution in [0.1, 0.15) is 24.4 Å². The molecule has 3 heterocycles. The van der Waals surface area contributed by atoms with Crippen molar-refractivity contribution in [2.45, 2.75) is 18.9 Å². The number of hydrogen-bond acceptors (Lipinski definition) is 4. The summed E-state index contributed by atoms with van der Waals surface area (Å²) in [4.78, 5) is 16.7. The summed E-state index contributed by atoms with van der Waals surface area (Å²) in [6.07, 6.45) is 16.9. The number of benzene rings is 1. The summed E-state index contributed by atoms with van der Waals surface area (Å²) in [5.41, 5.74) is 5.73. The van der Waals surface area contributed by atoms with E-state index in [1.165, 1.54) is 18.9 Å². The van der Waals surface area contributed by atoms with Crippen molar-refractivity contribution in [2.75, 3.05) is 5.32 Å². The van der Waals surface area contributed by atoms with Gasteiger partial charge >= 0.3 is 0 Å². The molecule has 5 rings (SSSR count). The van der Waals surface area contributed by atoms with E-state index >= 15 is 0 Å². The van der Waals surface area contributed by atoms with Crippen LogP contribution in [0.25, 0.3) is 28.3 Å². The maximum absolute atomic E-state index is 12.4. The van der Waals surface area contributed by atoms with E-state index in [-0.39, 0.29) is 5.91 Å². The number of anilines is 1. The molecule has 1 aliphatic carbocycles. The Balaban J connectivity index is 1.28. The van der Waals surface area contributed by atoms with Crippen LogP contribution < -0.4 is 5.32 Å². The van der Waals surface area contributed by atoms with Crippen LogP contribution in [0.3, 0.4) is 0 Å². The van der Waals surface area contributed by atoms with Gasteiger partial charge in [-0.1, -0.05) is 12.1 Å². The summed E-state index contributed by atoms with van der Waals surface area (Å²) in [5.74, 6) is -0.197. The van der Waals surface area contributed by atoms with Crippen molar-refractivity contribution in [2.24, 2.45) is 7.05 Å². The van der Waals surface area contributed by atoms with Gasteiger partial charge in [0.05, 0.1) is 18.4 Å². The summed E-state index contributed by atoms with van der Waals surface area (Å²) in [5, 5.41) is 11.6. The Morgan fingerprint density at radius 1 is 1.00 bits per heavy atom. The van der Waals surface area contributed by atoms with Crippen LogP contribution in [0, 0.1) is 0 Å². The predicted molar refractivity (Wildman–Crippen MR) is 120 cm³/mol. The zero-order chi connectivity index (χ0) is 21.2. The van der Waals surface area contributed by atoms with Gasteiger partial charge in [-0.2, -0.15) is 10.2 Å². The van der Waals surface area contributed by atoms with Crippen molar-refractivity contribution in [3.63, 3.8) is 0 Å². The van der Waals surface area contributed by atoms with Crippen molar-refractivity contribution in [1.29, 1.82) is 0 Å². The molecule has 7 heteroatoms. The minimum atomic E-state index is -0.197. The number of aryl methyl sites for hydroxylation is 1. The van der Waals surface area contributed by atoms with E-state index in [9.17, 15) is 4.79 Å². The largest absolute Gasteiger partial charge is 0.323 e. The highest BCUT2D eigenvalue weighted by atomic mass is 16.1. The van der Waals surface area contributed by atoms with Gasteiger partial charge in [0.15, 0.2) is 0 Å². The Morgan fingerprint density at radius 2 is 1.81 bits per heavy atom. The zero-order valence-electron chi connectivity index (χ0n) is 17.1. The molecule has 0 bridgehead atoms. The highest BCUT2D eigenvalue weighted by molar-refractivity contribution is 6.02. The SMILES string of the molecule is Cn1cc(-c2ccc(NC(=O)C=Cc3cnccc3-c3cnn(C4CC4)c3)cc2)cn1. The Bertz CT molecular complexity index is 1250. The van der Waals surface area contributed by atoms with Crippen LogP contribution in [0.5, 0.6) is 0 Å². The van der Waals surface area contributed by atoms with Gasteiger partial charge in [-0.25, -0.2) is 0 Å². The van der Waals surface area contributed by atoms with Crippen molar-refractivity contribution >= 4 is 17.7 Å². The monoisotopic (exact) mass is 410 g/mol. The van der Waals surface area contributed by atoms with E-state index in [1.54, 1.807) is 23.2 Å². The van der Waals surface area contributed by atoms with Crippen LogP contribution in [-0.4, -0.2) is 30.5 Å². The second kappa shape index (κ2) is 8.02. The van der Waals surface area contributed by atoms with Crippen LogP contribution >= 0.6 is 0 Å². The molecule has 0 unspecified atom stereocenters. The molecule has 0 saturated heterocycles. The van der Waals surface area contributed by atoms with E-state index < -0.39 is 0 Å². The van der Waals surface area contributed by atoms with Gasteiger partial charge in [0.2, 0.25) is 5.91 Å². The number of carbonyl (C=O) groups is 1. The topological polar surface area (TPSA) is 77.6 Å². The highest BCUT2D eigenvalue weighted by Gasteiger charge is 2.24. The molecule has 0 aliphatic heterocycles. The number of nitrogens with one attached hydrogen (secondary N) is 1. The molecule has 31 heavy (non-hydrogen) atoms. The van der Waals surface area contributed by atoms with Gasteiger partial charge in [0.25, 0.3) is 0 Å². The first-order valence-corrected chi connectivity index (χ1v) is 10.2. The van der Waals surface area contributed by atoms with Crippen LogP contribution in [-0.2, 0) is 11.8 Å². The average molecular weight is 410 g/mol. The van der Waals surface area contributed by atoms with Gasteiger partial charge in [-0.15, -0.1) is 0 Å². The molecule has 1 amide bonds. The van der Waals surface area contributed by atoms with Crippen molar-refractivity contribution in [3.8, 4) is 22.3 Å². The summed E-state index contributed by atoms with van der Waals surface area (Å²) in [6, 6.07) is 10.2. The molecular weight excluding hydrogens is 388 g/mol. The first-order valence-electron chi connectivity index (χ1n) is 10.2. The van der Waals surface area contributed by atoms with E-state index in [0.29, 0.717) is 6.04 Å². The van der Waals surface area contributed by atoms with Gasteiger partial charge in [0, 0.05) is 60.3 Å². The Labute approximate surface area is 180 Å². The maximum Gasteiger partial charge on any atom is 0.248 e. The molecule has 1 fully saturated rings. The maximum atomic E-state index is 12.4. The lowest BCUT2D eigenvalue weighted by atomic mass is 10.0. The summed E-state index contributed by atoms with van der Waals surface area (Å²) in [6.45, 7) is 0. The predicted octanol–water partition coefficient (Wildman–Crippen LogP) is 4.33. The molecule has 3 aromatic heterocycles. The van der Waals surface area contributed by atoms with Crippen molar-refractivity contribution in [3.05, 3.63) is 79.2 Å². The van der Waals surface area contributed by atoms with E-state index in [4.69, 9.17) is 0 Å². The Morgan fingerprint density at radius 3 is 2.55 bits per heavy atom. The second-order valence-corrected chi connectivity index (χ2v) is 7.71. The first kappa shape index (κ1) is 19.0. The molecule has 7 nitrogen and oxygen atoms in total. The molecular formula is C24H22N6O. The Kier molecular flexibility index (Phi) is 4.92. The normalized spacial score (nSPS) is 13.6. The van der Waals surface area contributed by atoms with Crippen molar-refractivity contribution in [1.82, 2.24) is 24.5 Å². The van der Waals surface area contributed by atoms with Gasteiger partial charge in [0.1, 0.15) is 0 Å². The van der Waals surface area contributed by atoms with E-state index in [2.05, 4.69) is 26.7 Å². The van der Waals surface area contributed by atoms with E-state index in [1.807, 2.05) is 60.7 Å². The van der Waals surface area contributed by atoms with Gasteiger partial charge in [-0.3, -0.25) is 19.1 Å². The van der Waals surface area contributed by atoms with Gasteiger partial charge < -0.3 is 5.32 Å². The lowest BCUT2D eigenvalue weighted by Gasteiger charge is -2.05. The number of pyridine rings is 1. The molecule has 1 N–H and O–H groups in total. The molecule has 1 aliphatic rings. The van der Waals surface area contributed by atoms with Crippen LogP contribution in [0.2, 0.25) is 0 Å². The molecule has 4 aromatic rings. The molecule has 1 saturated carbocycles. The third-order valence-electron chi connectivity index (χ3n) is 5.29. The molecule has 154 valence electrons. The zero-order valence-corrected chi connectivity index (χ0v) is 17.1. The average Bonchev–Trinajstić information content (AvgIpc) is 3.35. The standard InChI is InChI=1S/C24H22N6O/c1-29-15-19(13-26-29)17-2-5-21(6-3-17)28-24(31)9-4-18-12-25-11-10-23(18)20-14-27-30(16-20)22-7-8-22/h2-6,9-16,22H,7-8H2,1H3,(H,28,31). The second-order valence-electron chi connectivity index (χ2n) is 7.71. The van der Waals surface area contributed by atoms with Crippen LogP contribution in [0.15, 0.2) is 73.6 Å². The third kappa shape index (κ3) is 4.30. The fraction of sp³-hybridized carbons (Fsp3) is 0.167. The highest BCUT2D eigenvalue weighted by Crippen LogP contribution is 2.35. The van der Waals surface area contributed by atoms with Crippen molar-refractivity contribution < 1.29 is 4.79 Å². The first-order chi connectivity index (χ1) is 15.2. The smallest absolute Gasteiger partial charge is 0.248 e. The number of hydrogen-bond donors (Lipinski definition) is 1. The molecule has 0 atom stereocenters. The number of aromatic nitrogens is 5. The van der Waals surface area contributed by atoms with E-state index in [0.717, 1.165) is 33.5 Å². The fourth-order valence-electron chi connectivity index (χ4n) is 3.48. The quantitative estimate of drug-likeness (QED) is 0.480. The summed E-state index contributed by atoms with van der Waals surface area (Å²) >= 11 is 0. The Hall–Kier alpha value is -4.00. The summed E-state index contributed by atoms with van der Waals surface area (Å²) < 4.78 is 3.78. The minimum absolute atomic E-state index is 0.197. The lowest BCUT2D eigenvalue weighted by molar-refractivity contribution is -0.111.